The lowest BCUT2D eigenvalue weighted by atomic mass is 9.77. The smallest absolute Gasteiger partial charge is 0.134 e. The van der Waals surface area contributed by atoms with E-state index >= 15 is 0 Å². The van der Waals surface area contributed by atoms with Gasteiger partial charge in [-0.2, -0.15) is 0 Å². The predicted molar refractivity (Wildman–Crippen MR) is 192 cm³/mol. The molecule has 0 saturated heterocycles. The second-order valence-electron chi connectivity index (χ2n) is 12.4. The number of hydrogen-bond donors (Lipinski definition) is 0. The van der Waals surface area contributed by atoms with E-state index in [-0.39, 0.29) is 21.9 Å². The van der Waals surface area contributed by atoms with Crippen LogP contribution in [0.5, 0.6) is 11.5 Å². The van der Waals surface area contributed by atoms with Gasteiger partial charge in [0.25, 0.3) is 0 Å². The van der Waals surface area contributed by atoms with Crippen molar-refractivity contribution in [1.29, 1.82) is 0 Å². The molecule has 1 fully saturated rings. The van der Waals surface area contributed by atoms with E-state index in [2.05, 4.69) is 78.9 Å². The van der Waals surface area contributed by atoms with Gasteiger partial charge in [-0.05, 0) is 103 Å². The Morgan fingerprint density at radius 3 is 1.62 bits per heavy atom. The second-order valence-corrected chi connectivity index (χ2v) is 15.0. The zero-order chi connectivity index (χ0) is 36.0. The molecular weight excluding hydrogens is 561 g/mol. The van der Waals surface area contributed by atoms with Crippen LogP contribution in [-0.2, 0) is 0 Å². The molecule has 218 valence electrons. The molecule has 0 unspecified atom stereocenters. The molecule has 0 amide bonds. The second kappa shape index (κ2) is 10.2. The molecule has 3 aliphatic rings. The Balaban J connectivity index is 1.41. The molecule has 0 aromatic heterocycles. The van der Waals surface area contributed by atoms with Gasteiger partial charge in [-0.25, -0.2) is 0 Å². The van der Waals surface area contributed by atoms with Gasteiger partial charge in [0.1, 0.15) is 19.6 Å². The van der Waals surface area contributed by atoms with E-state index in [0.29, 0.717) is 18.4 Å². The van der Waals surface area contributed by atoms with Crippen LogP contribution in [0.2, 0.25) is 13.0 Å². The van der Waals surface area contributed by atoms with Gasteiger partial charge in [0.15, 0.2) is 0 Å². The number of hydrogen-bond acceptors (Lipinski definition) is 1. The normalized spacial score (nSPS) is 19.2. The van der Waals surface area contributed by atoms with Crippen LogP contribution < -0.4 is 15.1 Å². The minimum absolute atomic E-state index is 0.242. The fourth-order valence-corrected chi connectivity index (χ4v) is 9.78. The maximum absolute atomic E-state index is 9.99. The SMILES string of the molecule is [2H]C1(c2cc3c(cc2-c2cccc4c2Oc2ccccc2[Si]4(C([2H])([2H])[2H])C([2H])([2H])[2H])-c2ccccc2-c2ccccc2-c2ccccc2-3)CCCC1. The lowest BCUT2D eigenvalue weighted by Crippen LogP contribution is -2.56. The lowest BCUT2D eigenvalue weighted by Gasteiger charge is -2.34. The molecule has 0 spiro atoms. The first-order valence-electron chi connectivity index (χ1n) is 19.3. The van der Waals surface area contributed by atoms with Gasteiger partial charge in [-0.1, -0.05) is 135 Å². The average Bonchev–Trinajstić information content (AvgIpc) is 3.58. The molecule has 1 aliphatic heterocycles. The van der Waals surface area contributed by atoms with Gasteiger partial charge in [0.2, 0.25) is 0 Å². The van der Waals surface area contributed by atoms with Crippen LogP contribution in [-0.4, -0.2) is 8.07 Å². The number of benzene rings is 6. The van der Waals surface area contributed by atoms with E-state index in [4.69, 9.17) is 13.0 Å². The van der Waals surface area contributed by atoms with Crippen LogP contribution in [0, 0.1) is 0 Å². The number of rotatable bonds is 2. The first-order valence-corrected chi connectivity index (χ1v) is 17.8. The van der Waals surface area contributed by atoms with Gasteiger partial charge in [-0.15, -0.1) is 0 Å². The third kappa shape index (κ3) is 4.05. The highest BCUT2D eigenvalue weighted by Gasteiger charge is 2.38. The van der Waals surface area contributed by atoms with Crippen LogP contribution in [0.3, 0.4) is 0 Å². The molecule has 6 aromatic carbocycles. The molecular formula is C43H36OSi. The molecule has 0 bridgehead atoms. The van der Waals surface area contributed by atoms with E-state index in [9.17, 15) is 1.37 Å². The van der Waals surface area contributed by atoms with Crippen LogP contribution in [0.25, 0.3) is 55.6 Å². The summed E-state index contributed by atoms with van der Waals surface area (Å²) in [5.74, 6) is -0.365. The largest absolute Gasteiger partial charge is 0.457 e. The molecule has 1 nitrogen and oxygen atoms in total. The molecule has 0 atom stereocenters. The summed E-state index contributed by atoms with van der Waals surface area (Å²) < 4.78 is 70.1. The van der Waals surface area contributed by atoms with Crippen molar-refractivity contribution in [3.8, 4) is 67.1 Å². The van der Waals surface area contributed by atoms with E-state index in [1.807, 2.05) is 12.1 Å². The van der Waals surface area contributed by atoms with Gasteiger partial charge in [-0.3, -0.25) is 0 Å². The molecule has 1 heterocycles. The van der Waals surface area contributed by atoms with Crippen molar-refractivity contribution < 1.29 is 14.3 Å². The zero-order valence-corrected chi connectivity index (χ0v) is 25.9. The third-order valence-electron chi connectivity index (χ3n) is 9.90. The number of ether oxygens (including phenoxy) is 1. The van der Waals surface area contributed by atoms with E-state index in [0.717, 1.165) is 68.5 Å². The van der Waals surface area contributed by atoms with Gasteiger partial charge in [0, 0.05) is 15.2 Å². The first-order chi connectivity index (χ1) is 24.9. The Labute approximate surface area is 277 Å². The highest BCUT2D eigenvalue weighted by Crippen LogP contribution is 2.52. The maximum Gasteiger partial charge on any atom is 0.134 e. The molecule has 45 heavy (non-hydrogen) atoms. The lowest BCUT2D eigenvalue weighted by molar-refractivity contribution is 0.488. The number of fused-ring (bicyclic) bond motifs is 10. The summed E-state index contributed by atoms with van der Waals surface area (Å²) in [6, 6.07) is 41.8. The summed E-state index contributed by atoms with van der Waals surface area (Å²) in [4.78, 5) is 0. The van der Waals surface area contributed by atoms with Crippen molar-refractivity contribution in [3.05, 3.63) is 133 Å². The highest BCUT2D eigenvalue weighted by molar-refractivity contribution is 7.01. The van der Waals surface area contributed by atoms with Crippen LogP contribution in [0.1, 0.15) is 46.7 Å². The fourth-order valence-electron chi connectivity index (χ4n) is 7.77. The van der Waals surface area contributed by atoms with Crippen molar-refractivity contribution in [3.63, 3.8) is 0 Å². The third-order valence-corrected chi connectivity index (χ3v) is 12.3. The van der Waals surface area contributed by atoms with Crippen LogP contribution in [0.4, 0.5) is 0 Å². The van der Waals surface area contributed by atoms with Crippen molar-refractivity contribution in [2.75, 3.05) is 0 Å². The summed E-state index contributed by atoms with van der Waals surface area (Å²) >= 11 is 0. The Hall–Kier alpha value is -4.66. The molecule has 0 N–H and O–H groups in total. The van der Waals surface area contributed by atoms with Crippen molar-refractivity contribution in [2.45, 2.75) is 44.5 Å². The molecule has 0 radical (unpaired) electrons. The Morgan fingerprint density at radius 2 is 1.02 bits per heavy atom. The molecule has 2 heteroatoms. The quantitative estimate of drug-likeness (QED) is 0.179. The van der Waals surface area contributed by atoms with Crippen LogP contribution in [0.15, 0.2) is 127 Å². The van der Waals surface area contributed by atoms with Gasteiger partial charge in [0.05, 0.1) is 0 Å². The van der Waals surface area contributed by atoms with E-state index in [1.165, 1.54) is 0 Å². The molecule has 6 aromatic rings. The summed E-state index contributed by atoms with van der Waals surface area (Å²) in [5.41, 5.74) is 10.8. The highest BCUT2D eigenvalue weighted by atomic mass is 28.3. The average molecular weight is 604 g/mol. The molecule has 2 aliphatic carbocycles. The van der Waals surface area contributed by atoms with Crippen LogP contribution >= 0.6 is 0 Å². The summed E-state index contributed by atoms with van der Waals surface area (Å²) in [7, 11) is -4.52. The molecule has 9 rings (SSSR count). The van der Waals surface area contributed by atoms with Crippen molar-refractivity contribution in [1.82, 2.24) is 0 Å². The summed E-state index contributed by atoms with van der Waals surface area (Å²) in [5, 5.41) is 0.501. The standard InChI is InChI=1S/C43H36OSi/c1-45(2)41-24-12-11-23-40(41)44-43-35(22-13-25-42(43)45)39-27-38-34-21-10-8-19-32(34)30-17-6-5-16-29(30)31-18-7-9-20-33(31)37(38)26-36(39)28-14-3-4-15-28/h5-13,16-28H,3-4,14-15H2,1-2H3/i1D3,2D3,28D. The monoisotopic (exact) mass is 603 g/mol. The minimum Gasteiger partial charge on any atom is -0.457 e. The predicted octanol–water partition coefficient (Wildman–Crippen LogP) is 10.9. The Bertz CT molecular complexity index is 2390. The van der Waals surface area contributed by atoms with E-state index in [1.54, 1.807) is 36.4 Å². The van der Waals surface area contributed by atoms with Gasteiger partial charge >= 0.3 is 0 Å². The Morgan fingerprint density at radius 1 is 0.533 bits per heavy atom. The topological polar surface area (TPSA) is 9.23 Å². The Kier molecular flexibility index (Phi) is 4.61. The maximum atomic E-state index is 9.99. The van der Waals surface area contributed by atoms with Gasteiger partial charge < -0.3 is 4.74 Å². The molecule has 1 saturated carbocycles. The minimum atomic E-state index is -4.52. The number of para-hydroxylation sites is 2. The summed E-state index contributed by atoms with van der Waals surface area (Å²) in [6.45, 7) is -5.61. The van der Waals surface area contributed by atoms with Crippen molar-refractivity contribution in [2.24, 2.45) is 0 Å². The zero-order valence-electron chi connectivity index (χ0n) is 31.9. The first kappa shape index (κ1) is 20.4. The van der Waals surface area contributed by atoms with E-state index < -0.39 is 26.9 Å². The fraction of sp³-hybridized carbons (Fsp3) is 0.163. The summed E-state index contributed by atoms with van der Waals surface area (Å²) in [6.07, 6.45) is 3.22. The van der Waals surface area contributed by atoms with Crippen molar-refractivity contribution >= 4 is 18.4 Å².